The van der Waals surface area contributed by atoms with Gasteiger partial charge in [-0.15, -0.1) is 10.2 Å². The Bertz CT molecular complexity index is 765. The maximum absolute atomic E-state index is 13.2. The molecule has 1 unspecified atom stereocenters. The van der Waals surface area contributed by atoms with Crippen LogP contribution in [0.5, 0.6) is 0 Å². The highest BCUT2D eigenvalue weighted by Gasteiger charge is 2.19. The molecule has 1 aromatic carbocycles. The molecule has 2 aromatic rings. The van der Waals surface area contributed by atoms with Gasteiger partial charge in [0.15, 0.2) is 16.0 Å². The summed E-state index contributed by atoms with van der Waals surface area (Å²) in [7, 11) is 0. The van der Waals surface area contributed by atoms with Crippen molar-refractivity contribution in [1.29, 1.82) is 0 Å². The molecule has 0 aliphatic heterocycles. The zero-order valence-electron chi connectivity index (χ0n) is 14.3. The molecule has 1 fully saturated rings. The van der Waals surface area contributed by atoms with Gasteiger partial charge < -0.3 is 10.6 Å². The van der Waals surface area contributed by atoms with E-state index in [4.69, 9.17) is 0 Å². The molecule has 0 bridgehead atoms. The van der Waals surface area contributed by atoms with Crippen molar-refractivity contribution in [3.8, 4) is 0 Å². The van der Waals surface area contributed by atoms with E-state index in [2.05, 4.69) is 20.8 Å². The molecule has 0 radical (unpaired) electrons. The van der Waals surface area contributed by atoms with Gasteiger partial charge in [-0.05, 0) is 31.9 Å². The van der Waals surface area contributed by atoms with Crippen molar-refractivity contribution in [2.24, 2.45) is 0 Å². The van der Waals surface area contributed by atoms with Crippen molar-refractivity contribution in [1.82, 2.24) is 10.2 Å². The molecule has 1 aliphatic carbocycles. The monoisotopic (exact) mass is 398 g/mol. The SMILES string of the molecule is CC(Sc1nnc(NC2CCCCC2)s1)C(=O)Nc1ccc(F)c(F)c1. The lowest BCUT2D eigenvalue weighted by atomic mass is 9.96. The van der Waals surface area contributed by atoms with E-state index in [1.54, 1.807) is 6.92 Å². The molecule has 1 saturated carbocycles. The maximum Gasteiger partial charge on any atom is 0.237 e. The molecule has 1 atom stereocenters. The van der Waals surface area contributed by atoms with Crippen molar-refractivity contribution in [3.05, 3.63) is 29.8 Å². The fraction of sp³-hybridized carbons (Fsp3) is 0.471. The minimum absolute atomic E-state index is 0.221. The lowest BCUT2D eigenvalue weighted by Crippen LogP contribution is -2.22. The first-order valence-corrected chi connectivity index (χ1v) is 10.2. The quantitative estimate of drug-likeness (QED) is 0.692. The van der Waals surface area contributed by atoms with E-state index >= 15 is 0 Å². The van der Waals surface area contributed by atoms with E-state index in [0.717, 1.165) is 30.1 Å². The van der Waals surface area contributed by atoms with Crippen LogP contribution in [0.3, 0.4) is 0 Å². The third kappa shape index (κ3) is 5.14. The highest BCUT2D eigenvalue weighted by atomic mass is 32.2. The van der Waals surface area contributed by atoms with Gasteiger partial charge in [0.2, 0.25) is 11.0 Å². The van der Waals surface area contributed by atoms with Gasteiger partial charge in [0.25, 0.3) is 0 Å². The molecular formula is C17H20F2N4OS2. The average molecular weight is 399 g/mol. The summed E-state index contributed by atoms with van der Waals surface area (Å²) in [6.45, 7) is 1.73. The molecule has 2 N–H and O–H groups in total. The number of halogens is 2. The molecule has 1 amide bonds. The van der Waals surface area contributed by atoms with Gasteiger partial charge in [0, 0.05) is 17.8 Å². The van der Waals surface area contributed by atoms with Crippen LogP contribution in [0, 0.1) is 11.6 Å². The standard InChI is InChI=1S/C17H20F2N4OS2/c1-10(15(24)20-12-7-8-13(18)14(19)9-12)25-17-23-22-16(26-17)21-11-5-3-2-4-6-11/h7-11H,2-6H2,1H3,(H,20,24)(H,21,22). The van der Waals surface area contributed by atoms with Crippen molar-refractivity contribution < 1.29 is 13.6 Å². The number of hydrogen-bond donors (Lipinski definition) is 2. The van der Waals surface area contributed by atoms with Gasteiger partial charge in [0.1, 0.15) is 0 Å². The van der Waals surface area contributed by atoms with Crippen LogP contribution in [0.1, 0.15) is 39.0 Å². The number of benzene rings is 1. The van der Waals surface area contributed by atoms with Crippen molar-refractivity contribution in [2.75, 3.05) is 10.6 Å². The Balaban J connectivity index is 1.52. The Morgan fingerprint density at radius 2 is 2.00 bits per heavy atom. The summed E-state index contributed by atoms with van der Waals surface area (Å²) < 4.78 is 26.8. The molecule has 0 saturated heterocycles. The summed E-state index contributed by atoms with van der Waals surface area (Å²) in [4.78, 5) is 12.2. The van der Waals surface area contributed by atoms with Crippen molar-refractivity contribution in [3.63, 3.8) is 0 Å². The second-order valence-corrected chi connectivity index (χ2v) is 8.80. The van der Waals surface area contributed by atoms with E-state index in [1.807, 2.05) is 0 Å². The van der Waals surface area contributed by atoms with E-state index in [0.29, 0.717) is 10.4 Å². The van der Waals surface area contributed by atoms with Gasteiger partial charge in [-0.25, -0.2) is 8.78 Å². The molecule has 0 spiro atoms. The Morgan fingerprint density at radius 3 is 2.73 bits per heavy atom. The number of anilines is 2. The average Bonchev–Trinajstić information content (AvgIpc) is 3.06. The Hall–Kier alpha value is -1.74. The van der Waals surface area contributed by atoms with Gasteiger partial charge in [-0.1, -0.05) is 42.4 Å². The minimum atomic E-state index is -0.995. The van der Waals surface area contributed by atoms with E-state index < -0.39 is 16.9 Å². The smallest absolute Gasteiger partial charge is 0.237 e. The van der Waals surface area contributed by atoms with Crippen molar-refractivity contribution >= 4 is 39.8 Å². The summed E-state index contributed by atoms with van der Waals surface area (Å²) in [6.07, 6.45) is 6.06. The number of nitrogens with zero attached hydrogens (tertiary/aromatic N) is 2. The van der Waals surface area contributed by atoms with Gasteiger partial charge >= 0.3 is 0 Å². The van der Waals surface area contributed by atoms with E-state index in [1.165, 1.54) is 48.4 Å². The zero-order valence-corrected chi connectivity index (χ0v) is 15.9. The first-order chi connectivity index (χ1) is 12.5. The van der Waals surface area contributed by atoms with Crippen LogP contribution in [0.25, 0.3) is 0 Å². The molecule has 26 heavy (non-hydrogen) atoms. The summed E-state index contributed by atoms with van der Waals surface area (Å²) in [5, 5.41) is 14.6. The Kier molecular flexibility index (Phi) is 6.42. The summed E-state index contributed by atoms with van der Waals surface area (Å²) >= 11 is 2.71. The van der Waals surface area contributed by atoms with Crippen LogP contribution in [0.15, 0.2) is 22.5 Å². The minimum Gasteiger partial charge on any atom is -0.357 e. The number of carbonyl (C=O) groups excluding carboxylic acids is 1. The van der Waals surface area contributed by atoms with Crippen LogP contribution in [0.2, 0.25) is 0 Å². The van der Waals surface area contributed by atoms with E-state index in [-0.39, 0.29) is 11.6 Å². The zero-order chi connectivity index (χ0) is 18.5. The van der Waals surface area contributed by atoms with Crippen LogP contribution in [0.4, 0.5) is 19.6 Å². The highest BCUT2D eigenvalue weighted by Crippen LogP contribution is 2.31. The summed E-state index contributed by atoms with van der Waals surface area (Å²) in [5.74, 6) is -2.25. The topological polar surface area (TPSA) is 66.9 Å². The molecule has 140 valence electrons. The van der Waals surface area contributed by atoms with Crippen molar-refractivity contribution in [2.45, 2.75) is 54.7 Å². The van der Waals surface area contributed by atoms with Gasteiger partial charge in [-0.2, -0.15) is 0 Å². The predicted molar refractivity (Wildman–Crippen MR) is 101 cm³/mol. The fourth-order valence-corrected chi connectivity index (χ4v) is 4.73. The number of nitrogens with one attached hydrogen (secondary N) is 2. The Morgan fingerprint density at radius 1 is 1.23 bits per heavy atom. The molecule has 1 aliphatic rings. The lowest BCUT2D eigenvalue weighted by Gasteiger charge is -2.21. The lowest BCUT2D eigenvalue weighted by molar-refractivity contribution is -0.115. The van der Waals surface area contributed by atoms with Crippen LogP contribution in [-0.2, 0) is 4.79 Å². The third-order valence-corrected chi connectivity index (χ3v) is 6.21. The van der Waals surface area contributed by atoms with E-state index in [9.17, 15) is 13.6 Å². The predicted octanol–water partition coefficient (Wildman–Crippen LogP) is 4.68. The number of thioether (sulfide) groups is 1. The molecule has 1 aromatic heterocycles. The molecule has 5 nitrogen and oxygen atoms in total. The second-order valence-electron chi connectivity index (χ2n) is 6.23. The Labute approximate surface area is 159 Å². The number of amides is 1. The number of carbonyl (C=O) groups is 1. The molecule has 1 heterocycles. The molecule has 9 heteroatoms. The van der Waals surface area contributed by atoms with Crippen LogP contribution < -0.4 is 10.6 Å². The van der Waals surface area contributed by atoms with Gasteiger partial charge in [-0.3, -0.25) is 4.79 Å². The second kappa shape index (κ2) is 8.77. The largest absolute Gasteiger partial charge is 0.357 e. The third-order valence-electron chi connectivity index (χ3n) is 4.17. The molecule has 3 rings (SSSR count). The van der Waals surface area contributed by atoms with Crippen LogP contribution >= 0.6 is 23.1 Å². The maximum atomic E-state index is 13.2. The first kappa shape index (κ1) is 19.0. The number of hydrogen-bond acceptors (Lipinski definition) is 6. The summed E-state index contributed by atoms with van der Waals surface area (Å²) in [6, 6.07) is 3.72. The highest BCUT2D eigenvalue weighted by molar-refractivity contribution is 8.02. The number of aromatic nitrogens is 2. The van der Waals surface area contributed by atoms with Gasteiger partial charge in [0.05, 0.1) is 5.25 Å². The fourth-order valence-electron chi connectivity index (χ4n) is 2.76. The number of rotatable bonds is 6. The normalized spacial score (nSPS) is 16.3. The summed E-state index contributed by atoms with van der Waals surface area (Å²) in [5.41, 5.74) is 0.221. The first-order valence-electron chi connectivity index (χ1n) is 8.54. The molecular weight excluding hydrogens is 378 g/mol. The van der Waals surface area contributed by atoms with Crippen LogP contribution in [-0.4, -0.2) is 27.4 Å².